The Morgan fingerprint density at radius 2 is 1.64 bits per heavy atom. The number of hydrogen-bond donors (Lipinski definition) is 2. The Morgan fingerprint density at radius 1 is 1.00 bits per heavy atom. The van der Waals surface area contributed by atoms with Gasteiger partial charge in [0.15, 0.2) is 0 Å². The van der Waals surface area contributed by atoms with E-state index in [9.17, 15) is 4.79 Å². The maximum absolute atomic E-state index is 11.8. The summed E-state index contributed by atoms with van der Waals surface area (Å²) in [6.07, 6.45) is 0. The van der Waals surface area contributed by atoms with Crippen LogP contribution >= 0.6 is 0 Å². The summed E-state index contributed by atoms with van der Waals surface area (Å²) in [6, 6.07) is 16.1. The standard InChI is InChI=1S/C20H25N3O2/c1-15(2)20(24)22-17-9-7-16(8-10-17)21-18-5-3-4-6-19(18)23-11-13-25-14-12-23/h3-10,15,21H,11-14H2,1-2H3,(H,22,24). The summed E-state index contributed by atoms with van der Waals surface area (Å²) in [6.45, 7) is 7.09. The number of carbonyl (C=O) groups is 1. The summed E-state index contributed by atoms with van der Waals surface area (Å²) in [7, 11) is 0. The molecule has 0 aliphatic carbocycles. The van der Waals surface area contributed by atoms with Crippen molar-refractivity contribution in [1.82, 2.24) is 0 Å². The fraction of sp³-hybridized carbons (Fsp3) is 0.350. The Morgan fingerprint density at radius 3 is 2.32 bits per heavy atom. The molecule has 3 rings (SSSR count). The number of carbonyl (C=O) groups excluding carboxylic acids is 1. The van der Waals surface area contributed by atoms with Crippen molar-refractivity contribution in [2.75, 3.05) is 41.8 Å². The summed E-state index contributed by atoms with van der Waals surface area (Å²) in [4.78, 5) is 14.1. The number of nitrogens with one attached hydrogen (secondary N) is 2. The highest BCUT2D eigenvalue weighted by atomic mass is 16.5. The van der Waals surface area contributed by atoms with Crippen LogP contribution in [0.25, 0.3) is 0 Å². The highest BCUT2D eigenvalue weighted by Crippen LogP contribution is 2.29. The van der Waals surface area contributed by atoms with Gasteiger partial charge in [-0.05, 0) is 36.4 Å². The lowest BCUT2D eigenvalue weighted by Gasteiger charge is -2.30. The first-order valence-electron chi connectivity index (χ1n) is 8.73. The second-order valence-electron chi connectivity index (χ2n) is 6.46. The van der Waals surface area contributed by atoms with Crippen LogP contribution in [0.1, 0.15) is 13.8 Å². The minimum atomic E-state index is -0.0294. The summed E-state index contributed by atoms with van der Waals surface area (Å²) in [5.41, 5.74) is 4.06. The zero-order chi connectivity index (χ0) is 17.6. The molecule has 0 radical (unpaired) electrons. The van der Waals surface area contributed by atoms with E-state index in [1.165, 1.54) is 5.69 Å². The average molecular weight is 339 g/mol. The van der Waals surface area contributed by atoms with Crippen LogP contribution < -0.4 is 15.5 Å². The molecule has 0 atom stereocenters. The zero-order valence-corrected chi connectivity index (χ0v) is 14.8. The molecule has 1 aliphatic rings. The first-order chi connectivity index (χ1) is 12.1. The van der Waals surface area contributed by atoms with Gasteiger partial charge in [-0.2, -0.15) is 0 Å². The smallest absolute Gasteiger partial charge is 0.226 e. The number of rotatable bonds is 5. The van der Waals surface area contributed by atoms with Gasteiger partial charge in [-0.15, -0.1) is 0 Å². The van der Waals surface area contributed by atoms with Gasteiger partial charge in [-0.25, -0.2) is 0 Å². The van der Waals surface area contributed by atoms with Crippen molar-refractivity contribution in [3.05, 3.63) is 48.5 Å². The number of benzene rings is 2. The molecular formula is C20H25N3O2. The number of nitrogens with zero attached hydrogens (tertiary/aromatic N) is 1. The van der Waals surface area contributed by atoms with Crippen LogP contribution in [0.4, 0.5) is 22.7 Å². The van der Waals surface area contributed by atoms with Crippen LogP contribution in [0.5, 0.6) is 0 Å². The molecular weight excluding hydrogens is 314 g/mol. The molecule has 5 heteroatoms. The van der Waals surface area contributed by atoms with E-state index in [1.807, 2.05) is 44.2 Å². The van der Waals surface area contributed by atoms with E-state index in [4.69, 9.17) is 4.74 Å². The molecule has 0 bridgehead atoms. The molecule has 0 saturated carbocycles. The van der Waals surface area contributed by atoms with E-state index < -0.39 is 0 Å². The molecule has 0 aromatic heterocycles. The van der Waals surface area contributed by atoms with Gasteiger partial charge in [0.25, 0.3) is 0 Å². The Hall–Kier alpha value is -2.53. The number of amides is 1. The van der Waals surface area contributed by atoms with E-state index in [2.05, 4.69) is 33.7 Å². The maximum atomic E-state index is 11.8. The second-order valence-corrected chi connectivity index (χ2v) is 6.46. The topological polar surface area (TPSA) is 53.6 Å². The number of ether oxygens (including phenoxy) is 1. The minimum Gasteiger partial charge on any atom is -0.378 e. The zero-order valence-electron chi connectivity index (χ0n) is 14.8. The highest BCUT2D eigenvalue weighted by Gasteiger charge is 2.14. The summed E-state index contributed by atoms with van der Waals surface area (Å²) in [5, 5.41) is 6.38. The molecule has 1 heterocycles. The van der Waals surface area contributed by atoms with Crippen molar-refractivity contribution < 1.29 is 9.53 Å². The van der Waals surface area contributed by atoms with Gasteiger partial charge in [0.05, 0.1) is 24.6 Å². The van der Waals surface area contributed by atoms with Gasteiger partial charge in [0, 0.05) is 30.4 Å². The van der Waals surface area contributed by atoms with Gasteiger partial charge in [0.1, 0.15) is 0 Å². The summed E-state index contributed by atoms with van der Waals surface area (Å²) >= 11 is 0. The lowest BCUT2D eigenvalue weighted by Crippen LogP contribution is -2.36. The lowest BCUT2D eigenvalue weighted by atomic mass is 10.2. The second kappa shape index (κ2) is 8.03. The highest BCUT2D eigenvalue weighted by molar-refractivity contribution is 5.92. The monoisotopic (exact) mass is 339 g/mol. The van der Waals surface area contributed by atoms with Gasteiger partial charge >= 0.3 is 0 Å². The molecule has 1 amide bonds. The van der Waals surface area contributed by atoms with Crippen molar-refractivity contribution in [3.63, 3.8) is 0 Å². The Kier molecular flexibility index (Phi) is 5.56. The largest absolute Gasteiger partial charge is 0.378 e. The van der Waals surface area contributed by atoms with Gasteiger partial charge in [0.2, 0.25) is 5.91 Å². The molecule has 5 nitrogen and oxygen atoms in total. The van der Waals surface area contributed by atoms with E-state index >= 15 is 0 Å². The SMILES string of the molecule is CC(C)C(=O)Nc1ccc(Nc2ccccc2N2CCOCC2)cc1. The van der Waals surface area contributed by atoms with Crippen LogP contribution in [-0.4, -0.2) is 32.2 Å². The quantitative estimate of drug-likeness (QED) is 0.868. The lowest BCUT2D eigenvalue weighted by molar-refractivity contribution is -0.118. The van der Waals surface area contributed by atoms with Gasteiger partial charge < -0.3 is 20.3 Å². The summed E-state index contributed by atoms with van der Waals surface area (Å²) < 4.78 is 5.44. The maximum Gasteiger partial charge on any atom is 0.226 e. The predicted molar refractivity (Wildman–Crippen MR) is 103 cm³/mol. The van der Waals surface area contributed by atoms with Crippen molar-refractivity contribution in [2.24, 2.45) is 5.92 Å². The molecule has 2 aromatic rings. The third-order valence-electron chi connectivity index (χ3n) is 4.21. The number of anilines is 4. The Bertz CT molecular complexity index is 707. The average Bonchev–Trinajstić information content (AvgIpc) is 2.64. The molecule has 1 aliphatic heterocycles. The van der Waals surface area contributed by atoms with Crippen molar-refractivity contribution in [3.8, 4) is 0 Å². The molecule has 2 aromatic carbocycles. The first-order valence-corrected chi connectivity index (χ1v) is 8.73. The van der Waals surface area contributed by atoms with E-state index in [0.29, 0.717) is 0 Å². The molecule has 25 heavy (non-hydrogen) atoms. The summed E-state index contributed by atoms with van der Waals surface area (Å²) in [5.74, 6) is -0.00317. The Balaban J connectivity index is 1.71. The third kappa shape index (κ3) is 4.51. The van der Waals surface area contributed by atoms with Gasteiger partial charge in [-0.1, -0.05) is 26.0 Å². The van der Waals surface area contributed by atoms with Gasteiger partial charge in [-0.3, -0.25) is 4.79 Å². The molecule has 2 N–H and O–H groups in total. The number of hydrogen-bond acceptors (Lipinski definition) is 4. The van der Waals surface area contributed by atoms with Crippen LogP contribution in [-0.2, 0) is 9.53 Å². The Labute approximate surface area is 149 Å². The van der Waals surface area contributed by atoms with Crippen LogP contribution in [0, 0.1) is 5.92 Å². The fourth-order valence-electron chi connectivity index (χ4n) is 2.74. The van der Waals surface area contributed by atoms with E-state index in [-0.39, 0.29) is 11.8 Å². The molecule has 132 valence electrons. The molecule has 1 saturated heterocycles. The normalized spacial score (nSPS) is 14.4. The number of morpholine rings is 1. The minimum absolute atomic E-state index is 0.0263. The molecule has 0 spiro atoms. The van der Waals surface area contributed by atoms with Crippen molar-refractivity contribution in [2.45, 2.75) is 13.8 Å². The van der Waals surface area contributed by atoms with Crippen LogP contribution in [0.3, 0.4) is 0 Å². The van der Waals surface area contributed by atoms with E-state index in [1.54, 1.807) is 0 Å². The van der Waals surface area contributed by atoms with Crippen LogP contribution in [0.15, 0.2) is 48.5 Å². The fourth-order valence-corrected chi connectivity index (χ4v) is 2.74. The number of para-hydroxylation sites is 2. The van der Waals surface area contributed by atoms with Crippen molar-refractivity contribution >= 4 is 28.7 Å². The molecule has 0 unspecified atom stereocenters. The first kappa shape index (κ1) is 17.3. The van der Waals surface area contributed by atoms with E-state index in [0.717, 1.165) is 43.4 Å². The predicted octanol–water partition coefficient (Wildman–Crippen LogP) is 3.86. The third-order valence-corrected chi connectivity index (χ3v) is 4.21. The van der Waals surface area contributed by atoms with Crippen molar-refractivity contribution in [1.29, 1.82) is 0 Å². The van der Waals surface area contributed by atoms with Crippen LogP contribution in [0.2, 0.25) is 0 Å². The molecule has 1 fully saturated rings.